The minimum absolute atomic E-state index is 0.0614. The standard InChI is InChI=1S/C19H23F5N4O3/c20-14-9-13(10-15(21)18(14)31-19(22,23)24)11-25-16-12-28(27-26-16)6-2-4-8-30-17-5-1-3-7-29-17/h9-10,12,17,25H,1-8,11H2. The summed E-state index contributed by atoms with van der Waals surface area (Å²) in [5, 5.41) is 10.7. The van der Waals surface area contributed by atoms with E-state index in [1.165, 1.54) is 0 Å². The highest BCUT2D eigenvalue weighted by atomic mass is 19.4. The lowest BCUT2D eigenvalue weighted by molar-refractivity contribution is -0.276. The maximum Gasteiger partial charge on any atom is 0.573 e. The summed E-state index contributed by atoms with van der Waals surface area (Å²) in [4.78, 5) is 0. The fourth-order valence-corrected chi connectivity index (χ4v) is 3.04. The molecule has 0 radical (unpaired) electrons. The minimum Gasteiger partial charge on any atom is -0.399 e. The number of aromatic nitrogens is 3. The molecule has 1 aromatic carbocycles. The van der Waals surface area contributed by atoms with Gasteiger partial charge in [-0.3, -0.25) is 4.68 Å². The first kappa shape index (κ1) is 23.2. The highest BCUT2D eigenvalue weighted by molar-refractivity contribution is 5.35. The summed E-state index contributed by atoms with van der Waals surface area (Å²) in [5.41, 5.74) is 0.0844. The fraction of sp³-hybridized carbons (Fsp3) is 0.579. The van der Waals surface area contributed by atoms with Crippen molar-refractivity contribution >= 4 is 5.82 Å². The molecule has 2 heterocycles. The van der Waals surface area contributed by atoms with Crippen LogP contribution in [-0.4, -0.2) is 40.9 Å². The third kappa shape index (κ3) is 7.62. The van der Waals surface area contributed by atoms with Gasteiger partial charge in [0.05, 0.1) is 6.20 Å². The third-order valence-electron chi connectivity index (χ3n) is 4.51. The average molecular weight is 450 g/mol. The van der Waals surface area contributed by atoms with Crippen LogP contribution < -0.4 is 10.1 Å². The topological polar surface area (TPSA) is 70.4 Å². The van der Waals surface area contributed by atoms with Gasteiger partial charge < -0.3 is 19.5 Å². The van der Waals surface area contributed by atoms with Gasteiger partial charge in [0.2, 0.25) is 5.75 Å². The van der Waals surface area contributed by atoms with Crippen LogP contribution in [0.15, 0.2) is 18.3 Å². The maximum absolute atomic E-state index is 13.7. The lowest BCUT2D eigenvalue weighted by atomic mass is 10.2. The van der Waals surface area contributed by atoms with Crippen LogP contribution in [0.5, 0.6) is 5.75 Å². The smallest absolute Gasteiger partial charge is 0.399 e. The van der Waals surface area contributed by atoms with Gasteiger partial charge in [-0.2, -0.15) is 0 Å². The predicted molar refractivity (Wildman–Crippen MR) is 99.2 cm³/mol. The first-order valence-electron chi connectivity index (χ1n) is 9.91. The molecule has 1 aliphatic heterocycles. The molecule has 1 aliphatic rings. The second kappa shape index (κ2) is 10.7. The van der Waals surface area contributed by atoms with Crippen LogP contribution in [0.1, 0.15) is 37.7 Å². The normalized spacial score (nSPS) is 17.0. The maximum atomic E-state index is 13.7. The van der Waals surface area contributed by atoms with Gasteiger partial charge in [0, 0.05) is 26.3 Å². The summed E-state index contributed by atoms with van der Waals surface area (Å²) in [5.74, 6) is -4.01. The number of anilines is 1. The van der Waals surface area contributed by atoms with Crippen LogP contribution in [0, 0.1) is 11.6 Å². The van der Waals surface area contributed by atoms with Crippen LogP contribution in [0.2, 0.25) is 0 Å². The fourth-order valence-electron chi connectivity index (χ4n) is 3.04. The molecule has 1 N–H and O–H groups in total. The zero-order valence-corrected chi connectivity index (χ0v) is 16.6. The van der Waals surface area contributed by atoms with Crippen LogP contribution in [0.25, 0.3) is 0 Å². The van der Waals surface area contributed by atoms with Gasteiger partial charge in [-0.05, 0) is 49.8 Å². The molecule has 1 saturated heterocycles. The molecule has 31 heavy (non-hydrogen) atoms. The van der Waals surface area contributed by atoms with Gasteiger partial charge in [0.1, 0.15) is 0 Å². The average Bonchev–Trinajstić information content (AvgIpc) is 3.17. The van der Waals surface area contributed by atoms with Crippen molar-refractivity contribution in [1.82, 2.24) is 15.0 Å². The zero-order chi connectivity index (χ0) is 22.3. The number of unbranched alkanes of at least 4 members (excludes halogenated alkanes) is 1. The first-order chi connectivity index (χ1) is 14.8. The molecular weight excluding hydrogens is 427 g/mol. The molecule has 0 saturated carbocycles. The monoisotopic (exact) mass is 450 g/mol. The number of nitrogens with zero attached hydrogens (tertiary/aromatic N) is 3. The highest BCUT2D eigenvalue weighted by Gasteiger charge is 2.34. The van der Waals surface area contributed by atoms with E-state index in [0.29, 0.717) is 19.0 Å². The lowest BCUT2D eigenvalue weighted by Crippen LogP contribution is -2.22. The molecule has 172 valence electrons. The van der Waals surface area contributed by atoms with E-state index in [1.54, 1.807) is 10.9 Å². The number of nitrogens with one attached hydrogen (secondary N) is 1. The molecule has 12 heteroatoms. The Morgan fingerprint density at radius 2 is 1.94 bits per heavy atom. The van der Waals surface area contributed by atoms with Crippen molar-refractivity contribution < 1.29 is 36.2 Å². The van der Waals surface area contributed by atoms with Crippen LogP contribution >= 0.6 is 0 Å². The summed E-state index contributed by atoms with van der Waals surface area (Å²) in [6.45, 7) is 1.88. The van der Waals surface area contributed by atoms with E-state index in [2.05, 4.69) is 20.4 Å². The van der Waals surface area contributed by atoms with Crippen LogP contribution in [0.3, 0.4) is 0 Å². The van der Waals surface area contributed by atoms with Crippen molar-refractivity contribution in [2.45, 2.75) is 57.8 Å². The quantitative estimate of drug-likeness (QED) is 0.428. The Hall–Kier alpha value is -2.47. The zero-order valence-electron chi connectivity index (χ0n) is 16.6. The van der Waals surface area contributed by atoms with Gasteiger partial charge in [-0.25, -0.2) is 8.78 Å². The van der Waals surface area contributed by atoms with Crippen LogP contribution in [-0.2, 0) is 22.6 Å². The molecule has 0 spiro atoms. The number of hydrogen-bond donors (Lipinski definition) is 1. The Balaban J connectivity index is 1.40. The number of benzene rings is 1. The third-order valence-corrected chi connectivity index (χ3v) is 4.51. The summed E-state index contributed by atoms with van der Waals surface area (Å²) < 4.78 is 80.2. The predicted octanol–water partition coefficient (Wildman–Crippen LogP) is 4.39. The van der Waals surface area contributed by atoms with Gasteiger partial charge in [0.25, 0.3) is 0 Å². The Bertz CT molecular complexity index is 817. The number of aryl methyl sites for hydroxylation is 1. The van der Waals surface area contributed by atoms with Gasteiger partial charge >= 0.3 is 6.36 Å². The largest absolute Gasteiger partial charge is 0.573 e. The Morgan fingerprint density at radius 3 is 2.61 bits per heavy atom. The molecule has 1 atom stereocenters. The van der Waals surface area contributed by atoms with Crippen molar-refractivity contribution in [3.05, 3.63) is 35.5 Å². The van der Waals surface area contributed by atoms with Gasteiger partial charge in [0.15, 0.2) is 23.7 Å². The molecular formula is C19H23F5N4O3. The van der Waals surface area contributed by atoms with Crippen molar-refractivity contribution in [3.63, 3.8) is 0 Å². The molecule has 1 unspecified atom stereocenters. The SMILES string of the molecule is Fc1cc(CNc2cn(CCCCOC3CCCCO3)nn2)cc(F)c1OC(F)(F)F. The minimum atomic E-state index is -5.18. The van der Waals surface area contributed by atoms with E-state index in [-0.39, 0.29) is 18.4 Å². The number of alkyl halides is 3. The second-order valence-electron chi connectivity index (χ2n) is 7.03. The van der Waals surface area contributed by atoms with Crippen LogP contribution in [0.4, 0.5) is 27.8 Å². The summed E-state index contributed by atoms with van der Waals surface area (Å²) in [7, 11) is 0. The molecule has 0 bridgehead atoms. The second-order valence-corrected chi connectivity index (χ2v) is 7.03. The Labute approximate surface area is 175 Å². The number of hydrogen-bond acceptors (Lipinski definition) is 6. The van der Waals surface area contributed by atoms with E-state index in [0.717, 1.165) is 50.8 Å². The first-order valence-corrected chi connectivity index (χ1v) is 9.91. The lowest BCUT2D eigenvalue weighted by Gasteiger charge is -2.22. The van der Waals surface area contributed by atoms with E-state index >= 15 is 0 Å². The summed E-state index contributed by atoms with van der Waals surface area (Å²) in [6, 6.07) is 1.52. The molecule has 3 rings (SSSR count). The summed E-state index contributed by atoms with van der Waals surface area (Å²) in [6.07, 6.45) is 1.08. The van der Waals surface area contributed by atoms with Crippen molar-refractivity contribution in [3.8, 4) is 5.75 Å². The van der Waals surface area contributed by atoms with Gasteiger partial charge in [-0.1, -0.05) is 5.21 Å². The van der Waals surface area contributed by atoms with E-state index in [4.69, 9.17) is 9.47 Å². The molecule has 7 nitrogen and oxygen atoms in total. The Kier molecular flexibility index (Phi) is 8.02. The van der Waals surface area contributed by atoms with Gasteiger partial charge in [-0.15, -0.1) is 18.3 Å². The highest BCUT2D eigenvalue weighted by Crippen LogP contribution is 2.29. The number of halogens is 5. The molecule has 1 fully saturated rings. The number of rotatable bonds is 10. The van der Waals surface area contributed by atoms with E-state index in [9.17, 15) is 22.0 Å². The van der Waals surface area contributed by atoms with E-state index in [1.807, 2.05) is 0 Å². The summed E-state index contributed by atoms with van der Waals surface area (Å²) >= 11 is 0. The molecule has 0 amide bonds. The molecule has 2 aromatic rings. The molecule has 0 aliphatic carbocycles. The van der Waals surface area contributed by atoms with E-state index < -0.39 is 23.7 Å². The van der Waals surface area contributed by atoms with Crippen molar-refractivity contribution in [2.24, 2.45) is 0 Å². The Morgan fingerprint density at radius 1 is 1.16 bits per heavy atom. The number of ether oxygens (including phenoxy) is 3. The van der Waals surface area contributed by atoms with Crippen molar-refractivity contribution in [1.29, 1.82) is 0 Å². The van der Waals surface area contributed by atoms with Crippen molar-refractivity contribution in [2.75, 3.05) is 18.5 Å². The molecule has 1 aromatic heterocycles.